The number of nitrogens with zero attached hydrogens (tertiary/aromatic N) is 1. The maximum Gasteiger partial charge on any atom is 0.328 e. The van der Waals surface area contributed by atoms with Crippen LogP contribution in [0, 0.1) is 0 Å². The van der Waals surface area contributed by atoms with Gasteiger partial charge in [-0.15, -0.1) is 0 Å². The summed E-state index contributed by atoms with van der Waals surface area (Å²) in [7, 11) is 1.31. The third kappa shape index (κ3) is 1.88. The number of methoxy groups -OCH3 is 1. The van der Waals surface area contributed by atoms with E-state index >= 15 is 0 Å². The van der Waals surface area contributed by atoms with Gasteiger partial charge in [0.2, 0.25) is 5.91 Å². The number of carbonyl (C=O) groups excluding carboxylic acids is 2. The van der Waals surface area contributed by atoms with E-state index in [1.165, 1.54) is 12.0 Å². The van der Waals surface area contributed by atoms with Crippen molar-refractivity contribution in [3.63, 3.8) is 0 Å². The van der Waals surface area contributed by atoms with E-state index in [9.17, 15) is 9.59 Å². The van der Waals surface area contributed by atoms with Crippen LogP contribution in [0.15, 0.2) is 12.6 Å². The van der Waals surface area contributed by atoms with E-state index in [1.807, 2.05) is 0 Å². The van der Waals surface area contributed by atoms with Crippen molar-refractivity contribution in [2.24, 2.45) is 0 Å². The minimum absolute atomic E-state index is 0.298. The summed E-state index contributed by atoms with van der Waals surface area (Å²) in [6, 6.07) is -0.469. The van der Waals surface area contributed by atoms with Gasteiger partial charge in [-0.1, -0.05) is 6.55 Å². The Labute approximate surface area is 78.6 Å². The standard InChI is InChI=1S/C9H13NO3/c1-3-8(11)10-6-4-5-7(10)9(12)13-2/h3,7H,1,4-6H2,2H3/t7-/m0/s1/i1D. The molecule has 1 aliphatic heterocycles. The monoisotopic (exact) mass is 184 g/mol. The zero-order chi connectivity index (χ0) is 10.6. The van der Waals surface area contributed by atoms with Crippen LogP contribution in [0.25, 0.3) is 0 Å². The maximum absolute atomic E-state index is 11.4. The third-order valence-electron chi connectivity index (χ3n) is 2.15. The first-order valence-electron chi connectivity index (χ1n) is 4.71. The van der Waals surface area contributed by atoms with Crippen LogP contribution < -0.4 is 0 Å². The highest BCUT2D eigenvalue weighted by Crippen LogP contribution is 2.18. The molecule has 0 radical (unpaired) electrons. The fourth-order valence-electron chi connectivity index (χ4n) is 1.51. The number of hydrogen-bond donors (Lipinski definition) is 0. The Morgan fingerprint density at radius 1 is 1.77 bits per heavy atom. The molecule has 0 spiro atoms. The van der Waals surface area contributed by atoms with Gasteiger partial charge in [-0.2, -0.15) is 0 Å². The van der Waals surface area contributed by atoms with Crippen LogP contribution in [0.4, 0.5) is 0 Å². The average Bonchev–Trinajstić information content (AvgIpc) is 2.65. The summed E-state index contributed by atoms with van der Waals surface area (Å²) in [5.41, 5.74) is 0. The normalized spacial score (nSPS) is 23.3. The second kappa shape index (κ2) is 4.07. The lowest BCUT2D eigenvalue weighted by molar-refractivity contribution is -0.149. The van der Waals surface area contributed by atoms with E-state index < -0.39 is 6.04 Å². The molecule has 1 aliphatic rings. The topological polar surface area (TPSA) is 46.6 Å². The highest BCUT2D eigenvalue weighted by atomic mass is 16.5. The maximum atomic E-state index is 11.4. The lowest BCUT2D eigenvalue weighted by Crippen LogP contribution is -2.40. The zero-order valence-electron chi connectivity index (χ0n) is 8.53. The van der Waals surface area contributed by atoms with Crippen molar-refractivity contribution in [3.8, 4) is 0 Å². The summed E-state index contributed by atoms with van der Waals surface area (Å²) in [6.45, 7) is 1.48. The molecule has 0 aromatic carbocycles. The number of likely N-dealkylation sites (tertiary alicyclic amines) is 1. The molecule has 1 atom stereocenters. The molecule has 13 heavy (non-hydrogen) atoms. The van der Waals surface area contributed by atoms with Gasteiger partial charge in [0.25, 0.3) is 0 Å². The Morgan fingerprint density at radius 2 is 2.54 bits per heavy atom. The summed E-state index contributed by atoms with van der Waals surface area (Å²) in [6.07, 6.45) is 2.59. The van der Waals surface area contributed by atoms with Gasteiger partial charge in [-0.3, -0.25) is 4.79 Å². The lowest BCUT2D eigenvalue weighted by Gasteiger charge is -2.20. The first-order valence-corrected chi connectivity index (χ1v) is 4.14. The molecule has 0 N–H and O–H groups in total. The molecule has 0 aliphatic carbocycles. The molecule has 1 fully saturated rings. The van der Waals surface area contributed by atoms with Crippen LogP contribution in [0.2, 0.25) is 0 Å². The van der Waals surface area contributed by atoms with Crippen molar-refractivity contribution in [2.75, 3.05) is 13.7 Å². The molecule has 4 nitrogen and oxygen atoms in total. The smallest absolute Gasteiger partial charge is 0.328 e. The number of rotatable bonds is 2. The number of ether oxygens (including phenoxy) is 1. The number of amides is 1. The first kappa shape index (κ1) is 8.29. The predicted octanol–water partition coefficient (Wildman–Crippen LogP) is 0.336. The Kier molecular flexibility index (Phi) is 2.59. The molecule has 1 amide bonds. The van der Waals surface area contributed by atoms with Crippen molar-refractivity contribution in [3.05, 3.63) is 12.6 Å². The molecular formula is C9H13NO3. The molecular weight excluding hydrogens is 170 g/mol. The van der Waals surface area contributed by atoms with Gasteiger partial charge in [-0.05, 0) is 18.9 Å². The quantitative estimate of drug-likeness (QED) is 0.459. The molecule has 0 unspecified atom stereocenters. The fraction of sp³-hybridized carbons (Fsp3) is 0.556. The Bertz CT molecular complexity index is 265. The SMILES string of the molecule is [2H]C=CC(=O)N1CCC[C@H]1C(=O)OC. The van der Waals surface area contributed by atoms with Gasteiger partial charge in [0.05, 0.1) is 8.48 Å². The van der Waals surface area contributed by atoms with Gasteiger partial charge in [-0.25, -0.2) is 4.79 Å². The predicted molar refractivity (Wildman–Crippen MR) is 46.9 cm³/mol. The largest absolute Gasteiger partial charge is 0.467 e. The van der Waals surface area contributed by atoms with Crippen LogP contribution in [-0.4, -0.2) is 36.5 Å². The van der Waals surface area contributed by atoms with Gasteiger partial charge < -0.3 is 9.64 Å². The molecule has 0 aromatic rings. The summed E-state index contributed by atoms with van der Waals surface area (Å²) < 4.78 is 11.4. The van der Waals surface area contributed by atoms with Gasteiger partial charge in [0, 0.05) is 6.54 Å². The van der Waals surface area contributed by atoms with E-state index in [0.29, 0.717) is 13.0 Å². The van der Waals surface area contributed by atoms with Gasteiger partial charge >= 0.3 is 5.97 Å². The van der Waals surface area contributed by atoms with E-state index in [0.717, 1.165) is 19.1 Å². The zero-order valence-corrected chi connectivity index (χ0v) is 7.53. The van der Waals surface area contributed by atoms with E-state index in [-0.39, 0.29) is 11.9 Å². The third-order valence-corrected chi connectivity index (χ3v) is 2.15. The first-order chi connectivity index (χ1) is 6.70. The Hall–Kier alpha value is -1.32. The highest BCUT2D eigenvalue weighted by molar-refractivity contribution is 5.91. The van der Waals surface area contributed by atoms with E-state index in [4.69, 9.17) is 1.37 Å². The summed E-state index contributed by atoms with van der Waals surface area (Å²) in [4.78, 5) is 24.1. The van der Waals surface area contributed by atoms with Crippen molar-refractivity contribution >= 4 is 11.9 Å². The fourth-order valence-corrected chi connectivity index (χ4v) is 1.51. The number of hydrogen-bond acceptors (Lipinski definition) is 3. The van der Waals surface area contributed by atoms with Crippen molar-refractivity contribution in [1.29, 1.82) is 0 Å². The number of esters is 1. The molecule has 72 valence electrons. The van der Waals surface area contributed by atoms with E-state index in [2.05, 4.69) is 4.74 Å². The van der Waals surface area contributed by atoms with Crippen LogP contribution in [0.5, 0.6) is 0 Å². The molecule has 0 saturated carbocycles. The molecule has 4 heteroatoms. The lowest BCUT2D eigenvalue weighted by atomic mass is 10.2. The van der Waals surface area contributed by atoms with Gasteiger partial charge in [0.1, 0.15) is 6.04 Å². The highest BCUT2D eigenvalue weighted by Gasteiger charge is 2.33. The van der Waals surface area contributed by atoms with Crippen molar-refractivity contribution < 1.29 is 15.7 Å². The Balaban J connectivity index is 2.68. The van der Waals surface area contributed by atoms with E-state index in [1.54, 1.807) is 0 Å². The summed E-state index contributed by atoms with van der Waals surface area (Å²) >= 11 is 0. The second-order valence-corrected chi connectivity index (χ2v) is 2.88. The molecule has 0 aromatic heterocycles. The van der Waals surface area contributed by atoms with Crippen molar-refractivity contribution in [1.82, 2.24) is 4.90 Å². The minimum Gasteiger partial charge on any atom is -0.467 e. The molecule has 1 saturated heterocycles. The summed E-state index contributed by atoms with van der Waals surface area (Å²) in [5, 5.41) is 0. The van der Waals surface area contributed by atoms with Crippen LogP contribution in [0.3, 0.4) is 0 Å². The van der Waals surface area contributed by atoms with Crippen molar-refractivity contribution in [2.45, 2.75) is 18.9 Å². The summed E-state index contributed by atoms with van der Waals surface area (Å²) in [5.74, 6) is -0.679. The average molecular weight is 184 g/mol. The van der Waals surface area contributed by atoms with Crippen LogP contribution in [0.1, 0.15) is 14.2 Å². The Morgan fingerprint density at radius 3 is 3.15 bits per heavy atom. The minimum atomic E-state index is -0.469. The van der Waals surface area contributed by atoms with Gasteiger partial charge in [0.15, 0.2) is 0 Å². The molecule has 1 heterocycles. The van der Waals surface area contributed by atoms with Crippen LogP contribution in [-0.2, 0) is 14.3 Å². The number of carbonyl (C=O) groups is 2. The molecule has 0 bridgehead atoms. The molecule has 1 rings (SSSR count). The second-order valence-electron chi connectivity index (χ2n) is 2.88. The van der Waals surface area contributed by atoms with Crippen LogP contribution >= 0.6 is 0 Å².